The number of hydrogen-bond acceptors (Lipinski definition) is 3. The first-order valence-corrected chi connectivity index (χ1v) is 4.94. The summed E-state index contributed by atoms with van der Waals surface area (Å²) in [5, 5.41) is 10.0. The fraction of sp³-hybridized carbons (Fsp3) is 0.222. The van der Waals surface area contributed by atoms with E-state index < -0.39 is 12.1 Å². The van der Waals surface area contributed by atoms with Crippen LogP contribution in [0.4, 0.5) is 0 Å². The maximum atomic E-state index is 11.0. The number of hydrogen-bond donors (Lipinski definition) is 1. The molecule has 14 heavy (non-hydrogen) atoms. The van der Waals surface area contributed by atoms with Gasteiger partial charge in [0.15, 0.2) is 6.10 Å². The van der Waals surface area contributed by atoms with Crippen LogP contribution in [0.15, 0.2) is 22.7 Å². The summed E-state index contributed by atoms with van der Waals surface area (Å²) >= 11 is 8.90. The van der Waals surface area contributed by atoms with Crippen LogP contribution in [-0.4, -0.2) is 18.2 Å². The first kappa shape index (κ1) is 11.5. The zero-order valence-electron chi connectivity index (χ0n) is 7.33. The molecule has 5 heteroatoms. The van der Waals surface area contributed by atoms with Crippen molar-refractivity contribution in [2.45, 2.75) is 6.10 Å². The summed E-state index contributed by atoms with van der Waals surface area (Å²) in [7, 11) is 1.22. The van der Waals surface area contributed by atoms with Gasteiger partial charge in [0.1, 0.15) is 0 Å². The zero-order chi connectivity index (χ0) is 10.7. The molecule has 0 unspecified atom stereocenters. The van der Waals surface area contributed by atoms with Crippen LogP contribution in [0.5, 0.6) is 0 Å². The average molecular weight is 280 g/mol. The highest BCUT2D eigenvalue weighted by molar-refractivity contribution is 9.10. The highest BCUT2D eigenvalue weighted by atomic mass is 79.9. The van der Waals surface area contributed by atoms with E-state index in [0.29, 0.717) is 15.1 Å². The minimum atomic E-state index is -1.29. The van der Waals surface area contributed by atoms with Gasteiger partial charge in [-0.15, -0.1) is 0 Å². The number of rotatable bonds is 2. The topological polar surface area (TPSA) is 46.5 Å². The molecule has 0 aliphatic rings. The summed E-state index contributed by atoms with van der Waals surface area (Å²) in [6.45, 7) is 0. The molecule has 0 saturated carbocycles. The fourth-order valence-electron chi connectivity index (χ4n) is 0.962. The monoisotopic (exact) mass is 278 g/mol. The number of carbonyl (C=O) groups is 1. The maximum Gasteiger partial charge on any atom is 0.339 e. The fourth-order valence-corrected chi connectivity index (χ4v) is 1.86. The van der Waals surface area contributed by atoms with Crippen molar-refractivity contribution in [1.29, 1.82) is 0 Å². The predicted molar refractivity (Wildman–Crippen MR) is 56.1 cm³/mol. The number of carbonyl (C=O) groups excluding carboxylic acids is 1. The van der Waals surface area contributed by atoms with Gasteiger partial charge in [0.25, 0.3) is 0 Å². The second kappa shape index (κ2) is 4.77. The third kappa shape index (κ3) is 2.47. The quantitative estimate of drug-likeness (QED) is 0.845. The summed E-state index contributed by atoms with van der Waals surface area (Å²) in [5.41, 5.74) is 0.432. The van der Waals surface area contributed by atoms with E-state index in [4.69, 9.17) is 11.6 Å². The summed E-state index contributed by atoms with van der Waals surface area (Å²) in [4.78, 5) is 11.0. The van der Waals surface area contributed by atoms with E-state index in [1.165, 1.54) is 7.11 Å². The standard InChI is InChI=1S/C9H8BrClO3/c1-14-9(13)8(12)6-3-2-5(11)4-7(6)10/h2-4,8,12H,1H3/t8-/m0/s1. The number of aliphatic hydroxyl groups excluding tert-OH is 1. The van der Waals surface area contributed by atoms with Crippen molar-refractivity contribution in [2.24, 2.45) is 0 Å². The van der Waals surface area contributed by atoms with Gasteiger partial charge < -0.3 is 9.84 Å². The third-order valence-corrected chi connectivity index (χ3v) is 2.60. The molecule has 0 saturated heterocycles. The van der Waals surface area contributed by atoms with Crippen molar-refractivity contribution < 1.29 is 14.6 Å². The first-order chi connectivity index (χ1) is 6.56. The Labute approximate surface area is 94.8 Å². The van der Waals surface area contributed by atoms with Crippen molar-refractivity contribution in [3.8, 4) is 0 Å². The first-order valence-electron chi connectivity index (χ1n) is 3.77. The lowest BCUT2D eigenvalue weighted by Crippen LogP contribution is -2.13. The van der Waals surface area contributed by atoms with E-state index in [1.54, 1.807) is 18.2 Å². The number of methoxy groups -OCH3 is 1. The van der Waals surface area contributed by atoms with Crippen LogP contribution in [0.25, 0.3) is 0 Å². The van der Waals surface area contributed by atoms with E-state index >= 15 is 0 Å². The van der Waals surface area contributed by atoms with Gasteiger partial charge in [0.05, 0.1) is 7.11 Å². The van der Waals surface area contributed by atoms with E-state index in [1.807, 2.05) is 0 Å². The largest absolute Gasteiger partial charge is 0.467 e. The molecule has 0 amide bonds. The van der Waals surface area contributed by atoms with E-state index in [9.17, 15) is 9.90 Å². The molecule has 0 aliphatic heterocycles. The van der Waals surface area contributed by atoms with Gasteiger partial charge in [-0.2, -0.15) is 0 Å². The van der Waals surface area contributed by atoms with Gasteiger partial charge in [-0.3, -0.25) is 0 Å². The highest BCUT2D eigenvalue weighted by Crippen LogP contribution is 2.27. The van der Waals surface area contributed by atoms with Gasteiger partial charge in [0, 0.05) is 15.1 Å². The normalized spacial score (nSPS) is 12.3. The Kier molecular flexibility index (Phi) is 3.92. The summed E-state index contributed by atoms with van der Waals surface area (Å²) < 4.78 is 4.98. The summed E-state index contributed by atoms with van der Waals surface area (Å²) in [5.74, 6) is -0.701. The average Bonchev–Trinajstić information content (AvgIpc) is 2.15. The highest BCUT2D eigenvalue weighted by Gasteiger charge is 2.20. The molecule has 3 nitrogen and oxygen atoms in total. The Hall–Kier alpha value is -0.580. The van der Waals surface area contributed by atoms with Crippen LogP contribution in [0.2, 0.25) is 5.02 Å². The number of aliphatic hydroxyl groups is 1. The van der Waals surface area contributed by atoms with Crippen LogP contribution >= 0.6 is 27.5 Å². The van der Waals surface area contributed by atoms with Crippen molar-refractivity contribution >= 4 is 33.5 Å². The molecule has 0 radical (unpaired) electrons. The number of halogens is 2. The number of benzene rings is 1. The van der Waals surface area contributed by atoms with Gasteiger partial charge >= 0.3 is 5.97 Å². The Bertz CT molecular complexity index is 354. The SMILES string of the molecule is COC(=O)[C@@H](O)c1ccc(Cl)cc1Br. The molecule has 1 aromatic carbocycles. The smallest absolute Gasteiger partial charge is 0.339 e. The van der Waals surface area contributed by atoms with Gasteiger partial charge in [0.2, 0.25) is 0 Å². The molecule has 0 spiro atoms. The lowest BCUT2D eigenvalue weighted by atomic mass is 10.1. The molecular formula is C9H8BrClO3. The third-order valence-electron chi connectivity index (χ3n) is 1.68. The zero-order valence-corrected chi connectivity index (χ0v) is 9.67. The van der Waals surface area contributed by atoms with Gasteiger partial charge in [-0.05, 0) is 12.1 Å². The molecule has 0 aromatic heterocycles. The van der Waals surface area contributed by atoms with Crippen LogP contribution in [0.3, 0.4) is 0 Å². The second-order valence-electron chi connectivity index (χ2n) is 2.59. The lowest BCUT2D eigenvalue weighted by Gasteiger charge is -2.10. The van der Waals surface area contributed by atoms with Crippen LogP contribution < -0.4 is 0 Å². The maximum absolute atomic E-state index is 11.0. The number of esters is 1. The second-order valence-corrected chi connectivity index (χ2v) is 3.88. The molecule has 1 rings (SSSR count). The van der Waals surface area contributed by atoms with E-state index in [2.05, 4.69) is 20.7 Å². The molecule has 76 valence electrons. The van der Waals surface area contributed by atoms with E-state index in [-0.39, 0.29) is 0 Å². The predicted octanol–water partition coefficient (Wildman–Crippen LogP) is 2.31. The number of ether oxygens (including phenoxy) is 1. The summed E-state index contributed by atoms with van der Waals surface area (Å²) in [6, 6.07) is 4.75. The Morgan fingerprint density at radius 2 is 2.29 bits per heavy atom. The van der Waals surface area contributed by atoms with Gasteiger partial charge in [-0.1, -0.05) is 33.6 Å². The summed E-state index contributed by atoms with van der Waals surface area (Å²) in [6.07, 6.45) is -1.29. The van der Waals surface area contributed by atoms with Crippen molar-refractivity contribution in [2.75, 3.05) is 7.11 Å². The lowest BCUT2D eigenvalue weighted by molar-refractivity contribution is -0.150. The molecule has 0 heterocycles. The molecule has 0 aliphatic carbocycles. The molecule has 0 bridgehead atoms. The Morgan fingerprint density at radius 3 is 2.79 bits per heavy atom. The minimum absolute atomic E-state index is 0.432. The minimum Gasteiger partial charge on any atom is -0.467 e. The van der Waals surface area contributed by atoms with E-state index in [0.717, 1.165) is 0 Å². The van der Waals surface area contributed by atoms with Crippen LogP contribution in [0.1, 0.15) is 11.7 Å². The van der Waals surface area contributed by atoms with Crippen LogP contribution in [-0.2, 0) is 9.53 Å². The van der Waals surface area contributed by atoms with Crippen LogP contribution in [0, 0.1) is 0 Å². The molecule has 1 aromatic rings. The Morgan fingerprint density at radius 1 is 1.64 bits per heavy atom. The van der Waals surface area contributed by atoms with Crippen molar-refractivity contribution in [3.05, 3.63) is 33.3 Å². The molecule has 0 fully saturated rings. The molecule has 1 atom stereocenters. The van der Waals surface area contributed by atoms with Gasteiger partial charge in [-0.25, -0.2) is 4.79 Å². The van der Waals surface area contributed by atoms with Crippen molar-refractivity contribution in [3.63, 3.8) is 0 Å². The van der Waals surface area contributed by atoms with Crippen molar-refractivity contribution in [1.82, 2.24) is 0 Å². The molecular weight excluding hydrogens is 271 g/mol. The Balaban J connectivity index is 3.01. The molecule has 1 N–H and O–H groups in total.